The van der Waals surface area contributed by atoms with Crippen molar-refractivity contribution in [2.75, 3.05) is 0 Å². The van der Waals surface area contributed by atoms with Crippen LogP contribution in [0.5, 0.6) is 0 Å². The average Bonchev–Trinajstić information content (AvgIpc) is 3.92. The third-order valence-electron chi connectivity index (χ3n) is 11.7. The van der Waals surface area contributed by atoms with Gasteiger partial charge in [-0.25, -0.2) is 0 Å². The van der Waals surface area contributed by atoms with Crippen LogP contribution in [0.2, 0.25) is 0 Å². The van der Waals surface area contributed by atoms with Gasteiger partial charge in [-0.05, 0) is 119 Å². The van der Waals surface area contributed by atoms with Gasteiger partial charge < -0.3 is 13.7 Å². The molecule has 0 saturated heterocycles. The Morgan fingerprint density at radius 1 is 0.246 bits per heavy atom. The molecule has 0 atom stereocenters. The first kappa shape index (κ1) is 31.6. The van der Waals surface area contributed by atoms with Crippen LogP contribution in [0.15, 0.2) is 207 Å². The number of nitrogens with zero attached hydrogens (tertiary/aromatic N) is 4. The van der Waals surface area contributed by atoms with Gasteiger partial charge in [0.1, 0.15) is 0 Å². The Labute approximate surface area is 328 Å². The van der Waals surface area contributed by atoms with Crippen LogP contribution in [0, 0.1) is 0 Å². The lowest BCUT2D eigenvalue weighted by atomic mass is 10.0. The maximum absolute atomic E-state index is 4.22. The largest absolute Gasteiger partial charge is 0.309 e. The van der Waals surface area contributed by atoms with Crippen molar-refractivity contribution in [2.24, 2.45) is 0 Å². The Morgan fingerprint density at radius 2 is 0.614 bits per heavy atom. The highest BCUT2D eigenvalue weighted by Crippen LogP contribution is 2.40. The number of hydrogen-bond acceptors (Lipinski definition) is 1. The first-order valence-corrected chi connectivity index (χ1v) is 19.5. The Bertz CT molecular complexity index is 3440. The van der Waals surface area contributed by atoms with Crippen molar-refractivity contribution in [3.05, 3.63) is 207 Å². The van der Waals surface area contributed by atoms with E-state index >= 15 is 0 Å². The lowest BCUT2D eigenvalue weighted by molar-refractivity contribution is 1.17. The molecule has 0 radical (unpaired) electrons. The summed E-state index contributed by atoms with van der Waals surface area (Å²) in [5.41, 5.74) is 15.3. The highest BCUT2D eigenvalue weighted by atomic mass is 15.0. The fraction of sp³-hybridized carbons (Fsp3) is 0. The van der Waals surface area contributed by atoms with Gasteiger partial charge in [0, 0.05) is 61.8 Å². The number of fused-ring (bicyclic) bond motifs is 9. The highest BCUT2D eigenvalue weighted by Gasteiger charge is 2.18. The fourth-order valence-electron chi connectivity index (χ4n) is 9.16. The third kappa shape index (κ3) is 4.84. The van der Waals surface area contributed by atoms with Gasteiger partial charge >= 0.3 is 0 Å². The fourth-order valence-corrected chi connectivity index (χ4v) is 9.16. The Balaban J connectivity index is 1.08. The maximum Gasteiger partial charge on any atom is 0.0542 e. The Kier molecular flexibility index (Phi) is 6.89. The molecule has 4 heterocycles. The lowest BCUT2D eigenvalue weighted by Crippen LogP contribution is -1.96. The molecule has 4 aromatic heterocycles. The second-order valence-electron chi connectivity index (χ2n) is 14.8. The Hall–Kier alpha value is -7.69. The minimum atomic E-state index is 1.13. The second kappa shape index (κ2) is 12.4. The zero-order valence-corrected chi connectivity index (χ0v) is 30.9. The zero-order valence-electron chi connectivity index (χ0n) is 30.9. The number of rotatable bonds is 5. The van der Waals surface area contributed by atoms with Crippen molar-refractivity contribution in [2.45, 2.75) is 0 Å². The van der Waals surface area contributed by atoms with E-state index < -0.39 is 0 Å². The molecular weight excluding hydrogens is 693 g/mol. The van der Waals surface area contributed by atoms with E-state index in [0.717, 1.165) is 16.9 Å². The van der Waals surface area contributed by atoms with E-state index in [0.29, 0.717) is 0 Å². The van der Waals surface area contributed by atoms with Crippen LogP contribution < -0.4 is 0 Å². The van der Waals surface area contributed by atoms with Crippen LogP contribution >= 0.6 is 0 Å². The van der Waals surface area contributed by atoms with Gasteiger partial charge in [-0.3, -0.25) is 4.98 Å². The van der Waals surface area contributed by atoms with Crippen molar-refractivity contribution in [3.63, 3.8) is 0 Å². The van der Waals surface area contributed by atoms with Crippen molar-refractivity contribution in [1.82, 2.24) is 18.7 Å². The molecule has 12 aromatic rings. The molecule has 0 fully saturated rings. The second-order valence-corrected chi connectivity index (χ2v) is 14.8. The summed E-state index contributed by atoms with van der Waals surface area (Å²) in [6.45, 7) is 0. The molecule has 0 aliphatic heterocycles. The molecule has 0 bridgehead atoms. The van der Waals surface area contributed by atoms with E-state index in [1.165, 1.54) is 87.8 Å². The molecule has 0 N–H and O–H groups in total. The molecular formula is C53H34N4. The summed E-state index contributed by atoms with van der Waals surface area (Å²) >= 11 is 0. The molecule has 0 saturated carbocycles. The van der Waals surface area contributed by atoms with E-state index in [9.17, 15) is 0 Å². The third-order valence-corrected chi connectivity index (χ3v) is 11.7. The van der Waals surface area contributed by atoms with Crippen molar-refractivity contribution < 1.29 is 0 Å². The van der Waals surface area contributed by atoms with Crippen LogP contribution in [-0.4, -0.2) is 18.7 Å². The first-order valence-electron chi connectivity index (χ1n) is 19.5. The minimum Gasteiger partial charge on any atom is -0.309 e. The van der Waals surface area contributed by atoms with E-state index in [2.05, 4.69) is 213 Å². The molecule has 0 aliphatic carbocycles. The number of para-hydroxylation sites is 4. The molecule has 0 unspecified atom stereocenters. The predicted molar refractivity (Wildman–Crippen MR) is 238 cm³/mol. The molecule has 12 rings (SSSR count). The number of benzene rings is 8. The molecule has 57 heavy (non-hydrogen) atoms. The van der Waals surface area contributed by atoms with Crippen LogP contribution in [-0.2, 0) is 0 Å². The summed E-state index contributed by atoms with van der Waals surface area (Å²) < 4.78 is 7.20. The SMILES string of the molecule is c1ccc(-n2c3ccccc3c3cc(-c4ccc5c(c4)c4cc(-n6c7ccccc7c7ccccc76)ccc4n5-c4ccc(-c5ccncc5)cc4)ccc32)cc1. The average molecular weight is 727 g/mol. The van der Waals surface area contributed by atoms with Crippen LogP contribution in [0.4, 0.5) is 0 Å². The summed E-state index contributed by atoms with van der Waals surface area (Å²) in [6.07, 6.45) is 3.70. The highest BCUT2D eigenvalue weighted by molar-refractivity contribution is 6.14. The minimum absolute atomic E-state index is 1.13. The van der Waals surface area contributed by atoms with Gasteiger partial charge in [0.05, 0.1) is 33.1 Å². The van der Waals surface area contributed by atoms with E-state index in [1.807, 2.05) is 12.4 Å². The maximum atomic E-state index is 4.22. The topological polar surface area (TPSA) is 27.7 Å². The lowest BCUT2D eigenvalue weighted by Gasteiger charge is -2.11. The van der Waals surface area contributed by atoms with Gasteiger partial charge in [0.2, 0.25) is 0 Å². The summed E-state index contributed by atoms with van der Waals surface area (Å²) in [6, 6.07) is 70.8. The van der Waals surface area contributed by atoms with Crippen molar-refractivity contribution in [1.29, 1.82) is 0 Å². The molecule has 8 aromatic carbocycles. The van der Waals surface area contributed by atoms with Crippen molar-refractivity contribution >= 4 is 65.4 Å². The van der Waals surface area contributed by atoms with Crippen LogP contribution in [0.3, 0.4) is 0 Å². The normalized spacial score (nSPS) is 11.9. The monoisotopic (exact) mass is 726 g/mol. The molecule has 4 nitrogen and oxygen atoms in total. The zero-order chi connectivity index (χ0) is 37.5. The van der Waals surface area contributed by atoms with E-state index in [-0.39, 0.29) is 0 Å². The molecule has 4 heteroatoms. The smallest absolute Gasteiger partial charge is 0.0542 e. The molecule has 266 valence electrons. The molecule has 0 aliphatic rings. The quantitative estimate of drug-likeness (QED) is 0.174. The molecule has 0 amide bonds. The predicted octanol–water partition coefficient (Wildman–Crippen LogP) is 13.7. The van der Waals surface area contributed by atoms with Gasteiger partial charge in [-0.1, -0.05) is 97.1 Å². The van der Waals surface area contributed by atoms with E-state index in [1.54, 1.807) is 0 Å². The number of aromatic nitrogens is 4. The van der Waals surface area contributed by atoms with Crippen LogP contribution in [0.1, 0.15) is 0 Å². The summed E-state index contributed by atoms with van der Waals surface area (Å²) in [4.78, 5) is 4.22. The summed E-state index contributed by atoms with van der Waals surface area (Å²) in [5.74, 6) is 0. The first-order chi connectivity index (χ1) is 28.3. The summed E-state index contributed by atoms with van der Waals surface area (Å²) in [5, 5.41) is 7.45. The standard InChI is InChI=1S/C53H34N4/c1-2-10-39(11-3-1)55-50-17-9-6-14-44(50)45-32-37(20-25-51(45)55)38-21-26-52-46(33-38)47-34-41(57-48-15-7-4-12-42(48)43-13-5-8-16-49(43)57)24-27-53(47)56(52)40-22-18-35(19-23-40)36-28-30-54-31-29-36/h1-34H. The van der Waals surface area contributed by atoms with Gasteiger partial charge in [-0.15, -0.1) is 0 Å². The van der Waals surface area contributed by atoms with Gasteiger partial charge in [-0.2, -0.15) is 0 Å². The summed E-state index contributed by atoms with van der Waals surface area (Å²) in [7, 11) is 0. The van der Waals surface area contributed by atoms with E-state index in [4.69, 9.17) is 0 Å². The van der Waals surface area contributed by atoms with Gasteiger partial charge in [0.15, 0.2) is 0 Å². The number of pyridine rings is 1. The van der Waals surface area contributed by atoms with Crippen LogP contribution in [0.25, 0.3) is 105 Å². The Morgan fingerprint density at radius 3 is 1.19 bits per heavy atom. The number of hydrogen-bond donors (Lipinski definition) is 0. The van der Waals surface area contributed by atoms with Crippen molar-refractivity contribution in [3.8, 4) is 39.3 Å². The molecule has 0 spiro atoms. The van der Waals surface area contributed by atoms with Gasteiger partial charge in [0.25, 0.3) is 0 Å².